The Balaban J connectivity index is 1.68. The van der Waals surface area contributed by atoms with Crippen molar-refractivity contribution in [1.29, 1.82) is 0 Å². The smallest absolute Gasteiger partial charge is 0.328 e. The molecule has 1 N–H and O–H groups in total. The summed E-state index contributed by atoms with van der Waals surface area (Å²) >= 11 is 0. The molecule has 1 aliphatic carbocycles. The predicted molar refractivity (Wildman–Crippen MR) is 106 cm³/mol. The highest BCUT2D eigenvalue weighted by atomic mass is 16.4. The van der Waals surface area contributed by atoms with Crippen molar-refractivity contribution >= 4 is 28.4 Å². The molecule has 28 heavy (non-hydrogen) atoms. The van der Waals surface area contributed by atoms with Crippen molar-refractivity contribution in [3.8, 4) is 0 Å². The van der Waals surface area contributed by atoms with Gasteiger partial charge in [0.15, 0.2) is 11.5 Å². The van der Waals surface area contributed by atoms with Crippen molar-refractivity contribution in [2.24, 2.45) is 19.5 Å². The first-order valence-electron chi connectivity index (χ1n) is 9.21. The van der Waals surface area contributed by atoms with Crippen LogP contribution >= 0.6 is 0 Å². The first-order valence-corrected chi connectivity index (χ1v) is 9.21. The Labute approximate surface area is 161 Å². The molecule has 0 fully saturated rings. The summed E-state index contributed by atoms with van der Waals surface area (Å²) in [4.78, 5) is 37.4. The molecule has 1 aliphatic rings. The van der Waals surface area contributed by atoms with E-state index in [-0.39, 0.29) is 22.6 Å². The number of carbonyl (C=O) groups is 2. The van der Waals surface area contributed by atoms with Crippen LogP contribution in [0.3, 0.4) is 0 Å². The molecule has 0 aliphatic heterocycles. The molecule has 0 spiro atoms. The van der Waals surface area contributed by atoms with Crippen LogP contribution in [0.2, 0.25) is 0 Å². The fourth-order valence-electron chi connectivity index (χ4n) is 4.07. The van der Waals surface area contributed by atoms with Crippen molar-refractivity contribution in [3.05, 3.63) is 51.3 Å². The number of rotatable bonds is 2. The predicted octanol–water partition coefficient (Wildman–Crippen LogP) is 3.19. The van der Waals surface area contributed by atoms with E-state index in [1.165, 1.54) is 4.57 Å². The topological polar surface area (TPSA) is 86.2 Å². The molecule has 0 saturated carbocycles. The number of hydrogen-bond donors (Lipinski definition) is 1. The SMILES string of the molecule is Cc1c(C(=O)Nc2ccc3c(c2)n(C)c(=O)n3C)oc2c1C(=O)CC(C)(C)C2. The minimum absolute atomic E-state index is 0.0206. The molecule has 4 rings (SSSR count). The number of fused-ring (bicyclic) bond motifs is 2. The van der Waals surface area contributed by atoms with Gasteiger partial charge in [-0.05, 0) is 30.5 Å². The number of nitrogens with one attached hydrogen (secondary N) is 1. The third kappa shape index (κ3) is 2.69. The van der Waals surface area contributed by atoms with Gasteiger partial charge < -0.3 is 9.73 Å². The molecule has 1 amide bonds. The summed E-state index contributed by atoms with van der Waals surface area (Å²) in [5, 5.41) is 2.82. The van der Waals surface area contributed by atoms with E-state index >= 15 is 0 Å². The molecule has 7 nitrogen and oxygen atoms in total. The minimum Gasteiger partial charge on any atom is -0.455 e. The zero-order valence-corrected chi connectivity index (χ0v) is 16.7. The molecular weight excluding hydrogens is 358 g/mol. The highest BCUT2D eigenvalue weighted by molar-refractivity contribution is 6.08. The first-order chi connectivity index (χ1) is 13.1. The number of aryl methyl sites for hydroxylation is 2. The summed E-state index contributed by atoms with van der Waals surface area (Å²) in [7, 11) is 3.40. The maximum atomic E-state index is 12.8. The van der Waals surface area contributed by atoms with E-state index in [2.05, 4.69) is 5.32 Å². The Hall–Kier alpha value is -3.09. The van der Waals surface area contributed by atoms with Gasteiger partial charge in [-0.15, -0.1) is 0 Å². The van der Waals surface area contributed by atoms with Crippen molar-refractivity contribution in [3.63, 3.8) is 0 Å². The second kappa shape index (κ2) is 5.95. The van der Waals surface area contributed by atoms with Crippen LogP contribution in [-0.2, 0) is 20.5 Å². The largest absolute Gasteiger partial charge is 0.455 e. The van der Waals surface area contributed by atoms with Gasteiger partial charge in [-0.1, -0.05) is 13.8 Å². The highest BCUT2D eigenvalue weighted by Gasteiger charge is 2.37. The van der Waals surface area contributed by atoms with E-state index in [9.17, 15) is 14.4 Å². The molecule has 2 aromatic heterocycles. The van der Waals surface area contributed by atoms with Crippen LogP contribution in [0, 0.1) is 12.3 Å². The number of aromatic nitrogens is 2. The molecule has 0 atom stereocenters. The Morgan fingerprint density at radius 1 is 1.11 bits per heavy atom. The average Bonchev–Trinajstić information content (AvgIpc) is 3.04. The Kier molecular flexibility index (Phi) is 3.89. The van der Waals surface area contributed by atoms with Crippen molar-refractivity contribution in [2.75, 3.05) is 5.32 Å². The lowest BCUT2D eigenvalue weighted by atomic mass is 9.76. The highest BCUT2D eigenvalue weighted by Crippen LogP contribution is 2.38. The van der Waals surface area contributed by atoms with Crippen LogP contribution in [0.4, 0.5) is 5.69 Å². The third-order valence-electron chi connectivity index (χ3n) is 5.51. The summed E-state index contributed by atoms with van der Waals surface area (Å²) in [6, 6.07) is 5.28. The zero-order valence-electron chi connectivity index (χ0n) is 16.7. The molecule has 0 bridgehead atoms. The second-order valence-corrected chi connectivity index (χ2v) is 8.35. The number of hydrogen-bond acceptors (Lipinski definition) is 4. The van der Waals surface area contributed by atoms with Crippen LogP contribution in [0.25, 0.3) is 11.0 Å². The summed E-state index contributed by atoms with van der Waals surface area (Å²) in [5.74, 6) is 0.368. The fourth-order valence-corrected chi connectivity index (χ4v) is 4.07. The quantitative estimate of drug-likeness (QED) is 0.739. The molecule has 0 unspecified atom stereocenters. The summed E-state index contributed by atoms with van der Waals surface area (Å²) in [5.41, 5.74) is 2.88. The first kappa shape index (κ1) is 18.3. The Morgan fingerprint density at radius 2 is 1.79 bits per heavy atom. The molecule has 0 saturated heterocycles. The van der Waals surface area contributed by atoms with Crippen molar-refractivity contribution < 1.29 is 14.0 Å². The average molecular weight is 381 g/mol. The van der Waals surface area contributed by atoms with Crippen LogP contribution in [0.15, 0.2) is 27.4 Å². The van der Waals surface area contributed by atoms with Crippen LogP contribution in [0.5, 0.6) is 0 Å². The standard InChI is InChI=1S/C21H23N3O4/c1-11-17-15(25)9-21(2,3)10-16(17)28-18(11)19(26)22-12-6-7-13-14(8-12)24(5)20(27)23(13)4/h6-8H,9-10H2,1-5H3,(H,22,26). The normalized spacial score (nSPS) is 15.7. The number of carbonyl (C=O) groups excluding carboxylic acids is 2. The van der Waals surface area contributed by atoms with Crippen LogP contribution < -0.4 is 11.0 Å². The van der Waals surface area contributed by atoms with Crippen molar-refractivity contribution in [2.45, 2.75) is 33.6 Å². The van der Waals surface area contributed by atoms with E-state index < -0.39 is 5.91 Å². The molecule has 146 valence electrons. The number of benzene rings is 1. The van der Waals surface area contributed by atoms with E-state index in [4.69, 9.17) is 4.42 Å². The van der Waals surface area contributed by atoms with Crippen LogP contribution in [-0.4, -0.2) is 20.8 Å². The summed E-state index contributed by atoms with van der Waals surface area (Å²) in [6.45, 7) is 5.78. The van der Waals surface area contributed by atoms with E-state index in [1.807, 2.05) is 13.8 Å². The number of furan rings is 1. The van der Waals surface area contributed by atoms with E-state index in [0.717, 1.165) is 11.0 Å². The summed E-state index contributed by atoms with van der Waals surface area (Å²) in [6.07, 6.45) is 1.07. The van der Waals surface area contributed by atoms with Gasteiger partial charge >= 0.3 is 5.69 Å². The zero-order chi connectivity index (χ0) is 20.4. The number of ketones is 1. The molecule has 1 aromatic carbocycles. The molecule has 7 heteroatoms. The van der Waals surface area contributed by atoms with Crippen LogP contribution in [0.1, 0.15) is 52.5 Å². The lowest BCUT2D eigenvalue weighted by molar-refractivity contribution is 0.0898. The van der Waals surface area contributed by atoms with Crippen molar-refractivity contribution in [1.82, 2.24) is 9.13 Å². The number of amides is 1. The Morgan fingerprint density at radius 3 is 2.50 bits per heavy atom. The third-order valence-corrected chi connectivity index (χ3v) is 5.51. The number of Topliss-reactive ketones (excluding diaryl/α,β-unsaturated/α-hetero) is 1. The fraction of sp³-hybridized carbons (Fsp3) is 0.381. The number of imidazole rings is 1. The van der Waals surface area contributed by atoms with E-state index in [1.54, 1.807) is 43.8 Å². The van der Waals surface area contributed by atoms with Gasteiger partial charge in [0, 0.05) is 38.2 Å². The minimum atomic E-state index is -0.405. The molecule has 0 radical (unpaired) electrons. The molecular formula is C21H23N3O4. The van der Waals surface area contributed by atoms with Gasteiger partial charge in [-0.3, -0.25) is 18.7 Å². The van der Waals surface area contributed by atoms with Gasteiger partial charge in [0.1, 0.15) is 5.76 Å². The van der Waals surface area contributed by atoms with Gasteiger partial charge in [-0.25, -0.2) is 4.79 Å². The number of anilines is 1. The van der Waals surface area contributed by atoms with E-state index in [0.29, 0.717) is 35.4 Å². The monoisotopic (exact) mass is 381 g/mol. The van der Waals surface area contributed by atoms with Gasteiger partial charge in [0.2, 0.25) is 0 Å². The maximum Gasteiger partial charge on any atom is 0.328 e. The Bertz CT molecular complexity index is 1210. The van der Waals surface area contributed by atoms with Gasteiger partial charge in [0.25, 0.3) is 5.91 Å². The van der Waals surface area contributed by atoms with Gasteiger partial charge in [0.05, 0.1) is 16.6 Å². The molecule has 3 aromatic rings. The number of nitrogens with zero attached hydrogens (tertiary/aromatic N) is 2. The lowest BCUT2D eigenvalue weighted by Gasteiger charge is -2.27. The summed E-state index contributed by atoms with van der Waals surface area (Å²) < 4.78 is 8.90. The molecule has 2 heterocycles. The maximum absolute atomic E-state index is 12.8. The second-order valence-electron chi connectivity index (χ2n) is 8.35. The van der Waals surface area contributed by atoms with Gasteiger partial charge in [-0.2, -0.15) is 0 Å². The lowest BCUT2D eigenvalue weighted by Crippen LogP contribution is -2.26.